The van der Waals surface area contributed by atoms with E-state index < -0.39 is 0 Å². The van der Waals surface area contributed by atoms with E-state index in [1.165, 1.54) is 66.8 Å². The van der Waals surface area contributed by atoms with Crippen LogP contribution in [-0.2, 0) is 10.8 Å². The fourth-order valence-corrected chi connectivity index (χ4v) is 13.6. The van der Waals surface area contributed by atoms with Crippen LogP contribution in [0.25, 0.3) is 77.5 Å². The van der Waals surface area contributed by atoms with E-state index in [-0.39, 0.29) is 10.8 Å². The van der Waals surface area contributed by atoms with Crippen LogP contribution in [0.15, 0.2) is 255 Å². The second-order valence-electron chi connectivity index (χ2n) is 22.8. The van der Waals surface area contributed by atoms with Gasteiger partial charge in [0.05, 0.1) is 0 Å². The third-order valence-corrected chi connectivity index (χ3v) is 17.7. The number of hydrogen-bond donors (Lipinski definition) is 0. The summed E-state index contributed by atoms with van der Waals surface area (Å²) >= 11 is 0. The zero-order valence-electron chi connectivity index (χ0n) is 45.0. The molecule has 380 valence electrons. The lowest BCUT2D eigenvalue weighted by Crippen LogP contribution is -2.14. The average molecular weight is 1030 g/mol. The van der Waals surface area contributed by atoms with Crippen molar-refractivity contribution in [2.75, 3.05) is 9.80 Å². The second-order valence-corrected chi connectivity index (χ2v) is 22.8. The summed E-state index contributed by atoms with van der Waals surface area (Å²) in [6, 6.07) is 92.6. The number of anilines is 6. The van der Waals surface area contributed by atoms with Crippen molar-refractivity contribution in [3.8, 4) is 89.8 Å². The van der Waals surface area contributed by atoms with E-state index in [0.717, 1.165) is 90.1 Å². The zero-order valence-corrected chi connectivity index (χ0v) is 45.0. The Hall–Kier alpha value is -9.90. The lowest BCUT2D eigenvalue weighted by Gasteiger charge is -2.30. The number of nitrogens with zero attached hydrogens (tertiary/aromatic N) is 2. The van der Waals surface area contributed by atoms with Crippen molar-refractivity contribution in [2.45, 2.75) is 38.5 Å². The van der Waals surface area contributed by atoms with Gasteiger partial charge < -0.3 is 19.3 Å². The third kappa shape index (κ3) is 6.95. The van der Waals surface area contributed by atoms with Gasteiger partial charge in [-0.25, -0.2) is 0 Å². The fraction of sp³-hybridized carbons (Fsp3) is 0.0789. The third-order valence-electron chi connectivity index (χ3n) is 17.7. The van der Waals surface area contributed by atoms with E-state index in [1.54, 1.807) is 0 Å². The summed E-state index contributed by atoms with van der Waals surface area (Å²) in [5.41, 5.74) is 26.2. The molecule has 0 amide bonds. The highest BCUT2D eigenvalue weighted by atomic mass is 16.5. The molecule has 0 saturated carbocycles. The smallest absolute Gasteiger partial charge is 0.137 e. The van der Waals surface area contributed by atoms with Gasteiger partial charge in [0.15, 0.2) is 0 Å². The van der Waals surface area contributed by atoms with Gasteiger partial charge in [-0.2, -0.15) is 0 Å². The van der Waals surface area contributed by atoms with Crippen LogP contribution >= 0.6 is 0 Å². The minimum absolute atomic E-state index is 0.0596. The number of rotatable bonds is 8. The van der Waals surface area contributed by atoms with Crippen LogP contribution < -0.4 is 19.3 Å². The zero-order chi connectivity index (χ0) is 53.4. The molecule has 4 heteroatoms. The fourth-order valence-electron chi connectivity index (χ4n) is 13.6. The van der Waals surface area contributed by atoms with E-state index in [4.69, 9.17) is 9.47 Å². The van der Waals surface area contributed by atoms with Gasteiger partial charge in [-0.3, -0.25) is 0 Å². The second kappa shape index (κ2) is 17.3. The quantitative estimate of drug-likeness (QED) is 0.151. The van der Waals surface area contributed by atoms with E-state index in [2.05, 4.69) is 292 Å². The molecule has 0 aromatic heterocycles. The number of hydrogen-bond acceptors (Lipinski definition) is 4. The summed E-state index contributed by atoms with van der Waals surface area (Å²) in [6.07, 6.45) is 0. The lowest BCUT2D eigenvalue weighted by atomic mass is 9.81. The molecule has 12 aromatic rings. The molecule has 12 aromatic carbocycles. The number of para-hydroxylation sites is 2. The van der Waals surface area contributed by atoms with Crippen LogP contribution in [0.5, 0.6) is 23.0 Å². The summed E-state index contributed by atoms with van der Waals surface area (Å²) in [7, 11) is 0. The predicted octanol–water partition coefficient (Wildman–Crippen LogP) is 21.3. The van der Waals surface area contributed by atoms with Crippen LogP contribution in [0.3, 0.4) is 0 Å². The van der Waals surface area contributed by atoms with E-state index >= 15 is 0 Å². The Bertz CT molecular complexity index is 4230. The van der Waals surface area contributed by atoms with Crippen LogP contribution in [0.1, 0.15) is 49.9 Å². The van der Waals surface area contributed by atoms with Crippen molar-refractivity contribution in [1.82, 2.24) is 0 Å². The monoisotopic (exact) mass is 1030 g/mol. The minimum atomic E-state index is -0.0596. The Labute approximate surface area is 467 Å². The molecule has 0 unspecified atom stereocenters. The molecule has 4 nitrogen and oxygen atoms in total. The van der Waals surface area contributed by atoms with Gasteiger partial charge in [0.2, 0.25) is 0 Å². The topological polar surface area (TPSA) is 24.9 Å². The van der Waals surface area contributed by atoms with E-state index in [1.807, 2.05) is 0 Å². The maximum Gasteiger partial charge on any atom is 0.137 e. The number of fused-ring (bicyclic) bond motifs is 10. The predicted molar refractivity (Wildman–Crippen MR) is 330 cm³/mol. The SMILES string of the molecule is CC1(C)c2ccccc2-c2ccc(-c3ccc(N(c4ccccc4)c4ccc5c(c4)Oc4ccc6c7c(ccc-5c47)-c4ccc(N(c5ccccc5)c5ccc(-c7ccc8c(c7)C(C)(C)c7ccccc7-8)cc5)cc4O6)cc3)cc21. The van der Waals surface area contributed by atoms with Crippen molar-refractivity contribution in [1.29, 1.82) is 0 Å². The molecule has 2 heterocycles. The van der Waals surface area contributed by atoms with Gasteiger partial charge in [0, 0.05) is 79.0 Å². The van der Waals surface area contributed by atoms with Gasteiger partial charge in [-0.05, 0) is 175 Å². The van der Waals surface area contributed by atoms with Crippen LogP contribution in [0, 0.1) is 0 Å². The molecular weight excluding hydrogens is 973 g/mol. The Morgan fingerprint density at radius 1 is 0.237 bits per heavy atom. The average Bonchev–Trinajstić information content (AvgIpc) is 4.01. The van der Waals surface area contributed by atoms with Gasteiger partial charge in [0.25, 0.3) is 0 Å². The Kier molecular flexibility index (Phi) is 9.99. The molecule has 2 aliphatic carbocycles. The first-order valence-corrected chi connectivity index (χ1v) is 27.8. The minimum Gasteiger partial charge on any atom is -0.456 e. The van der Waals surface area contributed by atoms with Gasteiger partial charge in [0.1, 0.15) is 23.0 Å². The standard InChI is InChI=1S/C76H54N2O2/c1-75(2)65-21-13-11-19-57(65)59-35-27-49(43-67(59)75)47-23-29-53(30-24-47)77(51-15-7-5-8-16-51)55-33-37-61-63-39-40-64-62-38-34-56(46-72(62)80-70-42-41-69(73(63)74(64)70)79-71(61)45-55)78(52-17-9-6-10-18-52)54-31-25-48(26-32-54)50-28-36-60-58-20-12-14-22-66(58)76(3,4)68(60)44-50/h5-46H,1-4H3. The molecule has 0 saturated heterocycles. The van der Waals surface area contributed by atoms with E-state index in [9.17, 15) is 0 Å². The molecule has 0 spiro atoms. The van der Waals surface area contributed by atoms with Gasteiger partial charge in [-0.15, -0.1) is 0 Å². The Morgan fingerprint density at radius 2 is 0.562 bits per heavy atom. The molecule has 16 rings (SSSR count). The lowest BCUT2D eigenvalue weighted by molar-refractivity contribution is 0.475. The molecular formula is C76H54N2O2. The van der Waals surface area contributed by atoms with Crippen molar-refractivity contribution >= 4 is 44.9 Å². The molecule has 80 heavy (non-hydrogen) atoms. The first kappa shape index (κ1) is 46.2. The van der Waals surface area contributed by atoms with Crippen LogP contribution in [0.2, 0.25) is 0 Å². The maximum atomic E-state index is 6.97. The summed E-state index contributed by atoms with van der Waals surface area (Å²) in [5, 5.41) is 2.12. The summed E-state index contributed by atoms with van der Waals surface area (Å²) in [6.45, 7) is 9.37. The summed E-state index contributed by atoms with van der Waals surface area (Å²) < 4.78 is 13.9. The van der Waals surface area contributed by atoms with Crippen LogP contribution in [-0.4, -0.2) is 0 Å². The van der Waals surface area contributed by atoms with Crippen LogP contribution in [0.4, 0.5) is 34.1 Å². The largest absolute Gasteiger partial charge is 0.456 e. The first-order valence-electron chi connectivity index (χ1n) is 27.8. The molecule has 4 aliphatic rings. The molecule has 0 bridgehead atoms. The highest BCUT2D eigenvalue weighted by Crippen LogP contribution is 2.57. The normalized spacial score (nSPS) is 13.9. The number of ether oxygens (including phenoxy) is 2. The molecule has 0 radical (unpaired) electrons. The molecule has 0 N–H and O–H groups in total. The highest BCUT2D eigenvalue weighted by Gasteiger charge is 2.37. The summed E-state index contributed by atoms with van der Waals surface area (Å²) in [4.78, 5) is 4.63. The summed E-state index contributed by atoms with van der Waals surface area (Å²) in [5.74, 6) is 3.26. The number of benzene rings is 12. The van der Waals surface area contributed by atoms with Crippen molar-refractivity contribution < 1.29 is 9.47 Å². The molecule has 0 fully saturated rings. The molecule has 0 atom stereocenters. The van der Waals surface area contributed by atoms with E-state index in [0.29, 0.717) is 0 Å². The van der Waals surface area contributed by atoms with Crippen molar-refractivity contribution in [3.63, 3.8) is 0 Å². The Balaban J connectivity index is 0.711. The first-order chi connectivity index (χ1) is 39.2. The van der Waals surface area contributed by atoms with Gasteiger partial charge in [-0.1, -0.05) is 173 Å². The maximum absolute atomic E-state index is 6.97. The molecule has 2 aliphatic heterocycles. The van der Waals surface area contributed by atoms with Crippen molar-refractivity contribution in [3.05, 3.63) is 277 Å². The van der Waals surface area contributed by atoms with Gasteiger partial charge >= 0.3 is 0 Å². The van der Waals surface area contributed by atoms with Crippen molar-refractivity contribution in [2.24, 2.45) is 0 Å². The highest BCUT2D eigenvalue weighted by molar-refractivity contribution is 6.14. The Morgan fingerprint density at radius 3 is 0.988 bits per heavy atom.